The standard InChI is InChI=1S/C15H14FNO6S/c16-14-10(7-18)4-12(5-11(14)8-19)17-24(22,23)13-3-1-2-9(6-13)15(20)21/h1-6,17-19H,7-8H2,(H,20,21). The summed E-state index contributed by atoms with van der Waals surface area (Å²) in [5.41, 5.74) is -0.633. The number of hydrogen-bond donors (Lipinski definition) is 4. The van der Waals surface area contributed by atoms with Gasteiger partial charge >= 0.3 is 5.97 Å². The van der Waals surface area contributed by atoms with E-state index >= 15 is 0 Å². The number of nitrogens with one attached hydrogen (secondary N) is 1. The molecular weight excluding hydrogens is 341 g/mol. The number of anilines is 1. The van der Waals surface area contributed by atoms with Crippen LogP contribution in [0.2, 0.25) is 0 Å². The van der Waals surface area contributed by atoms with Crippen molar-refractivity contribution in [1.82, 2.24) is 0 Å². The van der Waals surface area contributed by atoms with E-state index in [1.165, 1.54) is 18.2 Å². The molecular formula is C15H14FNO6S. The highest BCUT2D eigenvalue weighted by molar-refractivity contribution is 7.92. The van der Waals surface area contributed by atoms with Crippen LogP contribution in [0, 0.1) is 5.82 Å². The zero-order valence-corrected chi connectivity index (χ0v) is 13.0. The Kier molecular flexibility index (Phi) is 5.17. The van der Waals surface area contributed by atoms with Crippen LogP contribution < -0.4 is 4.72 Å². The first-order chi connectivity index (χ1) is 11.3. The maximum atomic E-state index is 13.8. The van der Waals surface area contributed by atoms with E-state index in [1.54, 1.807) is 0 Å². The van der Waals surface area contributed by atoms with E-state index in [1.807, 2.05) is 0 Å². The van der Waals surface area contributed by atoms with Crippen LogP contribution in [0.1, 0.15) is 21.5 Å². The normalized spacial score (nSPS) is 11.3. The van der Waals surface area contributed by atoms with Crippen molar-refractivity contribution in [2.24, 2.45) is 0 Å². The highest BCUT2D eigenvalue weighted by atomic mass is 32.2. The second-order valence-corrected chi connectivity index (χ2v) is 6.55. The van der Waals surface area contributed by atoms with Crippen molar-refractivity contribution in [3.63, 3.8) is 0 Å². The van der Waals surface area contributed by atoms with E-state index < -0.39 is 35.0 Å². The minimum atomic E-state index is -4.13. The second-order valence-electron chi connectivity index (χ2n) is 4.86. The molecule has 0 unspecified atom stereocenters. The summed E-state index contributed by atoms with van der Waals surface area (Å²) < 4.78 is 40.6. The van der Waals surface area contributed by atoms with Crippen LogP contribution in [0.3, 0.4) is 0 Å². The number of halogens is 1. The number of aliphatic hydroxyl groups excluding tert-OH is 2. The zero-order chi connectivity index (χ0) is 17.9. The Balaban J connectivity index is 2.43. The molecule has 0 radical (unpaired) electrons. The topological polar surface area (TPSA) is 124 Å². The van der Waals surface area contributed by atoms with Gasteiger partial charge in [-0.2, -0.15) is 0 Å². The molecule has 0 aliphatic heterocycles. The summed E-state index contributed by atoms with van der Waals surface area (Å²) in [6, 6.07) is 6.89. The van der Waals surface area contributed by atoms with Gasteiger partial charge in [0.15, 0.2) is 0 Å². The molecule has 0 heterocycles. The van der Waals surface area contributed by atoms with Gasteiger partial charge in [0.25, 0.3) is 10.0 Å². The van der Waals surface area contributed by atoms with Gasteiger partial charge in [0.1, 0.15) is 5.82 Å². The van der Waals surface area contributed by atoms with Gasteiger partial charge < -0.3 is 15.3 Å². The number of aliphatic hydroxyl groups is 2. The average Bonchev–Trinajstić information content (AvgIpc) is 2.56. The van der Waals surface area contributed by atoms with E-state index in [4.69, 9.17) is 15.3 Å². The summed E-state index contributed by atoms with van der Waals surface area (Å²) >= 11 is 0. The molecule has 7 nitrogen and oxygen atoms in total. The highest BCUT2D eigenvalue weighted by Gasteiger charge is 2.18. The van der Waals surface area contributed by atoms with E-state index in [-0.39, 0.29) is 27.3 Å². The third-order valence-electron chi connectivity index (χ3n) is 3.21. The van der Waals surface area contributed by atoms with Crippen LogP contribution in [-0.2, 0) is 23.2 Å². The van der Waals surface area contributed by atoms with E-state index in [9.17, 15) is 17.6 Å². The van der Waals surface area contributed by atoms with Crippen molar-refractivity contribution >= 4 is 21.7 Å². The molecule has 0 saturated carbocycles. The number of rotatable bonds is 6. The fourth-order valence-corrected chi connectivity index (χ4v) is 3.14. The van der Waals surface area contributed by atoms with Crippen molar-refractivity contribution in [2.75, 3.05) is 4.72 Å². The lowest BCUT2D eigenvalue weighted by Crippen LogP contribution is -2.14. The summed E-state index contributed by atoms with van der Waals surface area (Å²) in [6.45, 7) is -1.36. The number of carboxylic acid groups (broad SMARTS) is 1. The number of sulfonamides is 1. The largest absolute Gasteiger partial charge is 0.478 e. The number of carboxylic acids is 1. The van der Waals surface area contributed by atoms with Crippen LogP contribution in [-0.4, -0.2) is 29.7 Å². The molecule has 0 aliphatic rings. The first-order valence-electron chi connectivity index (χ1n) is 6.67. The average molecular weight is 355 g/mol. The Morgan fingerprint density at radius 1 is 1.08 bits per heavy atom. The fraction of sp³-hybridized carbons (Fsp3) is 0.133. The fourth-order valence-electron chi connectivity index (χ4n) is 2.05. The van der Waals surface area contributed by atoms with Gasteiger partial charge in [-0.25, -0.2) is 17.6 Å². The molecule has 9 heteroatoms. The second kappa shape index (κ2) is 6.95. The molecule has 0 atom stereocenters. The van der Waals surface area contributed by atoms with E-state index in [2.05, 4.69) is 4.72 Å². The number of hydrogen-bond acceptors (Lipinski definition) is 5. The maximum absolute atomic E-state index is 13.8. The predicted octanol–water partition coefficient (Wildman–Crippen LogP) is 1.31. The van der Waals surface area contributed by atoms with Gasteiger partial charge in [-0.15, -0.1) is 0 Å². The molecule has 0 bridgehead atoms. The minimum Gasteiger partial charge on any atom is -0.478 e. The molecule has 2 rings (SSSR count). The Morgan fingerprint density at radius 2 is 1.67 bits per heavy atom. The Labute approximate surface area is 137 Å². The van der Waals surface area contributed by atoms with Crippen molar-refractivity contribution in [3.05, 3.63) is 58.9 Å². The molecule has 0 aliphatic carbocycles. The van der Waals surface area contributed by atoms with Gasteiger partial charge in [-0.1, -0.05) is 6.07 Å². The molecule has 2 aromatic rings. The first-order valence-corrected chi connectivity index (χ1v) is 8.16. The molecule has 4 N–H and O–H groups in total. The quantitative estimate of drug-likeness (QED) is 0.619. The van der Waals surface area contributed by atoms with Crippen LogP contribution >= 0.6 is 0 Å². The number of carbonyl (C=O) groups is 1. The highest BCUT2D eigenvalue weighted by Crippen LogP contribution is 2.23. The SMILES string of the molecule is O=C(O)c1cccc(S(=O)(=O)Nc2cc(CO)c(F)c(CO)c2)c1. The molecule has 0 amide bonds. The van der Waals surface area contributed by atoms with E-state index in [0.717, 1.165) is 18.2 Å². The minimum absolute atomic E-state index is 0.0646. The van der Waals surface area contributed by atoms with Gasteiger partial charge in [0.2, 0.25) is 0 Å². The molecule has 0 aromatic heterocycles. The van der Waals surface area contributed by atoms with Gasteiger partial charge in [0.05, 0.1) is 23.7 Å². The Morgan fingerprint density at radius 3 is 2.17 bits per heavy atom. The summed E-state index contributed by atoms with van der Waals surface area (Å²) in [5.74, 6) is -2.10. The van der Waals surface area contributed by atoms with E-state index in [0.29, 0.717) is 0 Å². The third kappa shape index (κ3) is 3.70. The van der Waals surface area contributed by atoms with Crippen molar-refractivity contribution < 1.29 is 32.9 Å². The molecule has 0 saturated heterocycles. The molecule has 0 spiro atoms. The Bertz CT molecular complexity index is 856. The smallest absolute Gasteiger partial charge is 0.335 e. The van der Waals surface area contributed by atoms with Gasteiger partial charge in [-0.3, -0.25) is 4.72 Å². The van der Waals surface area contributed by atoms with Crippen LogP contribution in [0.4, 0.5) is 10.1 Å². The lowest BCUT2D eigenvalue weighted by atomic mass is 10.1. The van der Waals surface area contributed by atoms with Crippen LogP contribution in [0.25, 0.3) is 0 Å². The van der Waals surface area contributed by atoms with Gasteiger partial charge in [0, 0.05) is 16.8 Å². The summed E-state index contributed by atoms with van der Waals surface area (Å²) in [5, 5.41) is 27.1. The lowest BCUT2D eigenvalue weighted by Gasteiger charge is -2.12. The lowest BCUT2D eigenvalue weighted by molar-refractivity contribution is 0.0696. The van der Waals surface area contributed by atoms with Crippen LogP contribution in [0.5, 0.6) is 0 Å². The monoisotopic (exact) mass is 355 g/mol. The first kappa shape index (κ1) is 17.9. The summed E-state index contributed by atoms with van der Waals surface area (Å²) in [7, 11) is -4.13. The third-order valence-corrected chi connectivity index (χ3v) is 4.59. The Hall–Kier alpha value is -2.49. The summed E-state index contributed by atoms with van der Waals surface area (Å²) in [6.07, 6.45) is 0. The number of benzene rings is 2. The zero-order valence-electron chi connectivity index (χ0n) is 12.2. The summed E-state index contributed by atoms with van der Waals surface area (Å²) in [4.78, 5) is 10.6. The van der Waals surface area contributed by atoms with Gasteiger partial charge in [-0.05, 0) is 30.3 Å². The molecule has 0 fully saturated rings. The van der Waals surface area contributed by atoms with Crippen LogP contribution in [0.15, 0.2) is 41.3 Å². The maximum Gasteiger partial charge on any atom is 0.335 e. The van der Waals surface area contributed by atoms with Crippen molar-refractivity contribution in [1.29, 1.82) is 0 Å². The predicted molar refractivity (Wildman–Crippen MR) is 82.5 cm³/mol. The molecule has 128 valence electrons. The van der Waals surface area contributed by atoms with Crippen molar-refractivity contribution in [3.8, 4) is 0 Å². The molecule has 24 heavy (non-hydrogen) atoms. The van der Waals surface area contributed by atoms with Crippen molar-refractivity contribution in [2.45, 2.75) is 18.1 Å². The molecule has 2 aromatic carbocycles. The number of aromatic carboxylic acids is 1.